The lowest BCUT2D eigenvalue weighted by atomic mass is 10.0. The summed E-state index contributed by atoms with van der Waals surface area (Å²) < 4.78 is 41.1. The number of alkyl halides is 1. The number of rotatable bonds is 5. The van der Waals surface area contributed by atoms with E-state index in [1.54, 1.807) is 12.1 Å². The van der Waals surface area contributed by atoms with E-state index in [0.29, 0.717) is 4.43 Å². The highest BCUT2D eigenvalue weighted by Gasteiger charge is 2.40. The SMILES string of the molecule is CO[C@H]1C[C@H](OS(=O)(=O)c2ccc(C)cc2)[C@@H](CI)O[C@@H]1O. The van der Waals surface area contributed by atoms with Gasteiger partial charge in [-0.25, -0.2) is 0 Å². The minimum Gasteiger partial charge on any atom is -0.376 e. The smallest absolute Gasteiger partial charge is 0.297 e. The van der Waals surface area contributed by atoms with Crippen molar-refractivity contribution in [1.29, 1.82) is 0 Å². The van der Waals surface area contributed by atoms with Crippen LogP contribution < -0.4 is 0 Å². The van der Waals surface area contributed by atoms with Gasteiger partial charge in [0.2, 0.25) is 0 Å². The average Bonchev–Trinajstić information content (AvgIpc) is 2.48. The normalized spacial score (nSPS) is 29.5. The van der Waals surface area contributed by atoms with Crippen molar-refractivity contribution < 1.29 is 27.2 Å². The van der Waals surface area contributed by atoms with E-state index in [1.165, 1.54) is 19.2 Å². The van der Waals surface area contributed by atoms with Gasteiger partial charge in [-0.15, -0.1) is 0 Å². The molecule has 1 saturated heterocycles. The van der Waals surface area contributed by atoms with Gasteiger partial charge >= 0.3 is 0 Å². The molecule has 1 aliphatic heterocycles. The molecule has 22 heavy (non-hydrogen) atoms. The number of halogens is 1. The average molecular weight is 442 g/mol. The summed E-state index contributed by atoms with van der Waals surface area (Å²) in [5.41, 5.74) is 0.965. The predicted molar refractivity (Wildman–Crippen MR) is 88.4 cm³/mol. The van der Waals surface area contributed by atoms with Crippen molar-refractivity contribution in [3.8, 4) is 0 Å². The Bertz CT molecular complexity index is 588. The molecule has 1 heterocycles. The highest BCUT2D eigenvalue weighted by atomic mass is 127. The Hall–Kier alpha value is -0.260. The molecule has 0 amide bonds. The number of ether oxygens (including phenoxy) is 2. The second-order valence-electron chi connectivity index (χ2n) is 5.13. The fourth-order valence-electron chi connectivity index (χ4n) is 2.22. The molecule has 0 bridgehead atoms. The van der Waals surface area contributed by atoms with Crippen molar-refractivity contribution in [3.63, 3.8) is 0 Å². The molecule has 1 aromatic rings. The van der Waals surface area contributed by atoms with E-state index in [-0.39, 0.29) is 11.3 Å². The third-order valence-corrected chi connectivity index (χ3v) is 5.74. The van der Waals surface area contributed by atoms with Crippen LogP contribution in [0.2, 0.25) is 0 Å². The van der Waals surface area contributed by atoms with Gasteiger partial charge in [0.1, 0.15) is 12.2 Å². The molecule has 0 saturated carbocycles. The minimum atomic E-state index is -3.89. The lowest BCUT2D eigenvalue weighted by Crippen LogP contribution is -2.50. The summed E-state index contributed by atoms with van der Waals surface area (Å²) >= 11 is 2.07. The molecule has 0 aromatic heterocycles. The minimum absolute atomic E-state index is 0.102. The molecule has 1 N–H and O–H groups in total. The summed E-state index contributed by atoms with van der Waals surface area (Å²) in [4.78, 5) is 0.102. The van der Waals surface area contributed by atoms with E-state index in [4.69, 9.17) is 13.7 Å². The number of aryl methyl sites for hydroxylation is 1. The molecule has 0 unspecified atom stereocenters. The van der Waals surface area contributed by atoms with E-state index >= 15 is 0 Å². The number of hydrogen-bond acceptors (Lipinski definition) is 6. The molecule has 124 valence electrons. The van der Waals surface area contributed by atoms with E-state index < -0.39 is 34.7 Å². The van der Waals surface area contributed by atoms with E-state index in [9.17, 15) is 13.5 Å². The first-order valence-corrected chi connectivity index (χ1v) is 9.73. The van der Waals surface area contributed by atoms with Crippen LogP contribution in [-0.2, 0) is 23.8 Å². The van der Waals surface area contributed by atoms with Crippen molar-refractivity contribution in [2.24, 2.45) is 0 Å². The van der Waals surface area contributed by atoms with Crippen molar-refractivity contribution in [3.05, 3.63) is 29.8 Å². The van der Waals surface area contributed by atoms with Crippen LogP contribution >= 0.6 is 22.6 Å². The zero-order valence-electron chi connectivity index (χ0n) is 12.3. The Morgan fingerprint density at radius 3 is 2.50 bits per heavy atom. The highest BCUT2D eigenvalue weighted by molar-refractivity contribution is 14.1. The fourth-order valence-corrected chi connectivity index (χ4v) is 4.11. The number of aliphatic hydroxyl groups excluding tert-OH is 1. The zero-order valence-corrected chi connectivity index (χ0v) is 15.3. The molecule has 1 fully saturated rings. The lowest BCUT2D eigenvalue weighted by Gasteiger charge is -2.37. The molecule has 4 atom stereocenters. The van der Waals surface area contributed by atoms with Gasteiger partial charge in [0.25, 0.3) is 10.1 Å². The summed E-state index contributed by atoms with van der Waals surface area (Å²) in [6, 6.07) is 6.45. The number of methoxy groups -OCH3 is 1. The lowest BCUT2D eigenvalue weighted by molar-refractivity contribution is -0.240. The first-order valence-electron chi connectivity index (χ1n) is 6.79. The summed E-state index contributed by atoms with van der Waals surface area (Å²) in [5.74, 6) is 0. The van der Waals surface area contributed by atoms with Crippen LogP contribution in [0.3, 0.4) is 0 Å². The van der Waals surface area contributed by atoms with Gasteiger partial charge in [-0.3, -0.25) is 4.18 Å². The van der Waals surface area contributed by atoms with Crippen molar-refractivity contribution in [2.75, 3.05) is 11.5 Å². The van der Waals surface area contributed by atoms with Crippen LogP contribution in [0.4, 0.5) is 0 Å². The van der Waals surface area contributed by atoms with E-state index in [1.807, 2.05) is 6.92 Å². The van der Waals surface area contributed by atoms with Gasteiger partial charge in [0.15, 0.2) is 6.29 Å². The Kier molecular flexibility index (Phi) is 6.20. The molecule has 1 aromatic carbocycles. The monoisotopic (exact) mass is 442 g/mol. The summed E-state index contributed by atoms with van der Waals surface area (Å²) in [6.45, 7) is 1.88. The van der Waals surface area contributed by atoms with Crippen LogP contribution in [0.25, 0.3) is 0 Å². The summed E-state index contributed by atoms with van der Waals surface area (Å²) in [5, 5.41) is 9.78. The standard InChI is InChI=1S/C14H19IO6S/c1-9-3-5-10(6-4-9)22(17,18)21-11-7-12(19-2)14(16)20-13(11)8-15/h3-6,11-14,16H,7-8H2,1-2H3/t11-,12-,13+,14-/m0/s1. The maximum Gasteiger partial charge on any atom is 0.297 e. The maximum absolute atomic E-state index is 12.4. The Balaban J connectivity index is 2.17. The molecule has 6 nitrogen and oxygen atoms in total. The van der Waals surface area contributed by atoms with Gasteiger partial charge in [-0.05, 0) is 19.1 Å². The summed E-state index contributed by atoms with van der Waals surface area (Å²) in [7, 11) is -2.45. The van der Waals surface area contributed by atoms with Gasteiger partial charge in [-0.1, -0.05) is 40.3 Å². The highest BCUT2D eigenvalue weighted by Crippen LogP contribution is 2.28. The van der Waals surface area contributed by atoms with Crippen LogP contribution in [0.1, 0.15) is 12.0 Å². The molecule has 0 aliphatic carbocycles. The third-order valence-electron chi connectivity index (χ3n) is 3.53. The second kappa shape index (κ2) is 7.54. The topological polar surface area (TPSA) is 82.1 Å². The zero-order chi connectivity index (χ0) is 16.3. The first kappa shape index (κ1) is 18.1. The largest absolute Gasteiger partial charge is 0.376 e. The molecule has 0 radical (unpaired) electrons. The van der Waals surface area contributed by atoms with Crippen molar-refractivity contribution in [2.45, 2.75) is 42.8 Å². The molecular formula is C14H19IO6S. The van der Waals surface area contributed by atoms with Crippen molar-refractivity contribution >= 4 is 32.7 Å². The summed E-state index contributed by atoms with van der Waals surface area (Å²) in [6.07, 6.45) is -2.65. The molecule has 0 spiro atoms. The first-order chi connectivity index (χ1) is 10.4. The van der Waals surface area contributed by atoms with Crippen LogP contribution in [0.5, 0.6) is 0 Å². The predicted octanol–water partition coefficient (Wildman–Crippen LogP) is 1.63. The maximum atomic E-state index is 12.4. The fraction of sp³-hybridized carbons (Fsp3) is 0.571. The van der Waals surface area contributed by atoms with Gasteiger partial charge < -0.3 is 14.6 Å². The van der Waals surface area contributed by atoms with Gasteiger partial charge in [0.05, 0.1) is 11.0 Å². The van der Waals surface area contributed by atoms with Crippen LogP contribution in [0, 0.1) is 6.92 Å². The van der Waals surface area contributed by atoms with E-state index in [0.717, 1.165) is 5.56 Å². The molecule has 2 rings (SSSR count). The van der Waals surface area contributed by atoms with Crippen molar-refractivity contribution in [1.82, 2.24) is 0 Å². The third kappa shape index (κ3) is 4.18. The second-order valence-corrected chi connectivity index (χ2v) is 7.58. The van der Waals surface area contributed by atoms with Gasteiger partial charge in [-0.2, -0.15) is 8.42 Å². The van der Waals surface area contributed by atoms with Gasteiger partial charge in [0, 0.05) is 18.0 Å². The Labute approximate surface area is 144 Å². The molecular weight excluding hydrogens is 423 g/mol. The Morgan fingerprint density at radius 2 is 1.95 bits per heavy atom. The van der Waals surface area contributed by atoms with E-state index in [2.05, 4.69) is 22.6 Å². The molecule has 1 aliphatic rings. The number of benzene rings is 1. The number of aliphatic hydroxyl groups is 1. The number of hydrogen-bond donors (Lipinski definition) is 1. The Morgan fingerprint density at radius 1 is 1.32 bits per heavy atom. The van der Waals surface area contributed by atoms with Crippen LogP contribution in [-0.4, -0.2) is 49.7 Å². The quantitative estimate of drug-likeness (QED) is 0.424. The molecule has 8 heteroatoms. The van der Waals surface area contributed by atoms with Crippen LogP contribution in [0.15, 0.2) is 29.2 Å².